The summed E-state index contributed by atoms with van der Waals surface area (Å²) in [5.74, 6) is 1.13. The summed E-state index contributed by atoms with van der Waals surface area (Å²) >= 11 is 0. The Morgan fingerprint density at radius 3 is 3.18 bits per heavy atom. The molecule has 0 bridgehead atoms. The fraction of sp³-hybridized carbons (Fsp3) is 0.667. The van der Waals surface area contributed by atoms with Gasteiger partial charge in [0.2, 0.25) is 5.91 Å². The van der Waals surface area contributed by atoms with E-state index in [-0.39, 0.29) is 11.9 Å². The number of imidazole rings is 1. The molecule has 1 aliphatic heterocycles. The van der Waals surface area contributed by atoms with Gasteiger partial charge in [-0.3, -0.25) is 4.79 Å². The van der Waals surface area contributed by atoms with Crippen molar-refractivity contribution in [1.29, 1.82) is 0 Å². The van der Waals surface area contributed by atoms with Gasteiger partial charge in [-0.15, -0.1) is 0 Å². The second kappa shape index (κ2) is 5.82. The molecule has 1 aromatic rings. The van der Waals surface area contributed by atoms with E-state index < -0.39 is 0 Å². The largest absolute Gasteiger partial charge is 0.354 e. The molecule has 17 heavy (non-hydrogen) atoms. The molecule has 2 rings (SSSR count). The number of nitrogens with zero attached hydrogens (tertiary/aromatic N) is 2. The van der Waals surface area contributed by atoms with Crippen LogP contribution in [0, 0.1) is 0 Å². The van der Waals surface area contributed by atoms with Crippen LogP contribution in [0.25, 0.3) is 0 Å². The van der Waals surface area contributed by atoms with Gasteiger partial charge in [0, 0.05) is 32.4 Å². The quantitative estimate of drug-likeness (QED) is 0.786. The summed E-state index contributed by atoms with van der Waals surface area (Å²) in [5, 5.41) is 6.20. The lowest BCUT2D eigenvalue weighted by atomic mass is 10.0. The van der Waals surface area contributed by atoms with E-state index in [9.17, 15) is 4.79 Å². The van der Waals surface area contributed by atoms with E-state index in [4.69, 9.17) is 0 Å². The molecule has 0 aliphatic carbocycles. The summed E-state index contributed by atoms with van der Waals surface area (Å²) in [6.07, 6.45) is 7.75. The smallest absolute Gasteiger partial charge is 0.237 e. The van der Waals surface area contributed by atoms with Crippen molar-refractivity contribution in [2.75, 3.05) is 13.1 Å². The van der Waals surface area contributed by atoms with E-state index >= 15 is 0 Å². The Morgan fingerprint density at radius 2 is 2.53 bits per heavy atom. The average Bonchev–Trinajstić information content (AvgIpc) is 2.76. The van der Waals surface area contributed by atoms with Crippen LogP contribution in [0.4, 0.5) is 0 Å². The highest BCUT2D eigenvalue weighted by Gasteiger charge is 2.19. The van der Waals surface area contributed by atoms with Crippen LogP contribution in [0.3, 0.4) is 0 Å². The molecule has 1 fully saturated rings. The Labute approximate surface area is 102 Å². The van der Waals surface area contributed by atoms with Crippen LogP contribution in [0.5, 0.6) is 0 Å². The first-order chi connectivity index (χ1) is 8.27. The van der Waals surface area contributed by atoms with Gasteiger partial charge in [0.15, 0.2) is 0 Å². The van der Waals surface area contributed by atoms with Gasteiger partial charge in [0.1, 0.15) is 5.82 Å². The number of hydrogen-bond acceptors (Lipinski definition) is 3. The lowest BCUT2D eigenvalue weighted by Crippen LogP contribution is -2.47. The molecule has 5 heteroatoms. The maximum absolute atomic E-state index is 11.8. The van der Waals surface area contributed by atoms with E-state index in [2.05, 4.69) is 15.6 Å². The number of rotatable bonds is 4. The lowest BCUT2D eigenvalue weighted by Gasteiger charge is -2.22. The van der Waals surface area contributed by atoms with Crippen LogP contribution in [-0.2, 0) is 18.3 Å². The van der Waals surface area contributed by atoms with Crippen molar-refractivity contribution in [3.63, 3.8) is 0 Å². The van der Waals surface area contributed by atoms with Crippen LogP contribution in [0.15, 0.2) is 12.4 Å². The predicted molar refractivity (Wildman–Crippen MR) is 65.6 cm³/mol. The maximum atomic E-state index is 11.8. The first-order valence-electron chi connectivity index (χ1n) is 6.24. The maximum Gasteiger partial charge on any atom is 0.237 e. The van der Waals surface area contributed by atoms with Gasteiger partial charge in [-0.2, -0.15) is 0 Å². The minimum absolute atomic E-state index is 0.00474. The molecule has 94 valence electrons. The molecule has 0 saturated carbocycles. The first-order valence-corrected chi connectivity index (χ1v) is 6.24. The average molecular weight is 236 g/mol. The molecular weight excluding hydrogens is 216 g/mol. The zero-order valence-corrected chi connectivity index (χ0v) is 10.3. The molecule has 2 N–H and O–H groups in total. The van der Waals surface area contributed by atoms with Crippen LogP contribution >= 0.6 is 0 Å². The molecule has 0 radical (unpaired) electrons. The van der Waals surface area contributed by atoms with E-state index in [0.29, 0.717) is 6.54 Å². The number of carbonyl (C=O) groups excluding carboxylic acids is 1. The summed E-state index contributed by atoms with van der Waals surface area (Å²) in [4.78, 5) is 16.0. The zero-order chi connectivity index (χ0) is 12.1. The summed E-state index contributed by atoms with van der Waals surface area (Å²) in [6.45, 7) is 1.61. The molecule has 0 unspecified atom stereocenters. The Morgan fingerprint density at radius 1 is 1.65 bits per heavy atom. The van der Waals surface area contributed by atoms with E-state index in [1.807, 2.05) is 17.8 Å². The third kappa shape index (κ3) is 3.30. The highest BCUT2D eigenvalue weighted by Crippen LogP contribution is 2.06. The van der Waals surface area contributed by atoms with E-state index in [0.717, 1.165) is 31.6 Å². The van der Waals surface area contributed by atoms with Crippen LogP contribution in [0.2, 0.25) is 0 Å². The van der Waals surface area contributed by atoms with Gasteiger partial charge >= 0.3 is 0 Å². The fourth-order valence-corrected chi connectivity index (χ4v) is 2.13. The predicted octanol–water partition coefficient (Wildman–Crippen LogP) is 0.221. The molecule has 1 saturated heterocycles. The number of aromatic nitrogens is 2. The number of carbonyl (C=O) groups is 1. The zero-order valence-electron chi connectivity index (χ0n) is 10.3. The van der Waals surface area contributed by atoms with Crippen molar-refractivity contribution in [1.82, 2.24) is 20.2 Å². The molecule has 1 aromatic heterocycles. The fourth-order valence-electron chi connectivity index (χ4n) is 2.13. The second-order valence-corrected chi connectivity index (χ2v) is 4.50. The first kappa shape index (κ1) is 12.1. The normalized spacial score (nSPS) is 20.2. The molecule has 2 heterocycles. The Kier molecular flexibility index (Phi) is 4.14. The summed E-state index contributed by atoms with van der Waals surface area (Å²) in [5.41, 5.74) is 0. The summed E-state index contributed by atoms with van der Waals surface area (Å²) < 4.78 is 1.98. The highest BCUT2D eigenvalue weighted by atomic mass is 16.2. The summed E-state index contributed by atoms with van der Waals surface area (Å²) in [7, 11) is 1.97. The molecule has 1 amide bonds. The standard InChI is InChI=1S/C12H20N4O/c1-16-9-8-14-11(16)5-7-15-12(17)10-4-2-3-6-13-10/h8-10,13H,2-7H2,1H3,(H,15,17)/t10-/m0/s1. The van der Waals surface area contributed by atoms with Crippen LogP contribution in [0.1, 0.15) is 25.1 Å². The van der Waals surface area contributed by atoms with Crippen molar-refractivity contribution in [3.8, 4) is 0 Å². The van der Waals surface area contributed by atoms with Gasteiger partial charge < -0.3 is 15.2 Å². The molecule has 0 aromatic carbocycles. The number of piperidine rings is 1. The minimum atomic E-state index is 0.00474. The minimum Gasteiger partial charge on any atom is -0.354 e. The third-order valence-corrected chi connectivity index (χ3v) is 3.20. The molecular formula is C12H20N4O. The molecule has 1 atom stereocenters. The SMILES string of the molecule is Cn1ccnc1CCNC(=O)[C@@H]1CCCCN1. The van der Waals surface area contributed by atoms with E-state index in [1.165, 1.54) is 6.42 Å². The van der Waals surface area contributed by atoms with Gasteiger partial charge in [0.05, 0.1) is 6.04 Å². The van der Waals surface area contributed by atoms with Crippen molar-refractivity contribution in [2.24, 2.45) is 7.05 Å². The van der Waals surface area contributed by atoms with Gasteiger partial charge in [-0.1, -0.05) is 6.42 Å². The number of amides is 1. The lowest BCUT2D eigenvalue weighted by molar-refractivity contribution is -0.123. The molecule has 0 spiro atoms. The van der Waals surface area contributed by atoms with Gasteiger partial charge in [-0.25, -0.2) is 4.98 Å². The van der Waals surface area contributed by atoms with Gasteiger partial charge in [0.25, 0.3) is 0 Å². The number of aryl methyl sites for hydroxylation is 1. The van der Waals surface area contributed by atoms with Crippen molar-refractivity contribution in [2.45, 2.75) is 31.7 Å². The van der Waals surface area contributed by atoms with Gasteiger partial charge in [-0.05, 0) is 19.4 Å². The van der Waals surface area contributed by atoms with E-state index in [1.54, 1.807) is 6.20 Å². The van der Waals surface area contributed by atoms with Crippen molar-refractivity contribution < 1.29 is 4.79 Å². The number of hydrogen-bond donors (Lipinski definition) is 2. The highest BCUT2D eigenvalue weighted by molar-refractivity contribution is 5.81. The Balaban J connectivity index is 1.71. The third-order valence-electron chi connectivity index (χ3n) is 3.20. The van der Waals surface area contributed by atoms with Crippen molar-refractivity contribution >= 4 is 5.91 Å². The van der Waals surface area contributed by atoms with Crippen LogP contribution in [-0.4, -0.2) is 34.6 Å². The Bertz CT molecular complexity index is 368. The monoisotopic (exact) mass is 236 g/mol. The molecule has 1 aliphatic rings. The van der Waals surface area contributed by atoms with Crippen molar-refractivity contribution in [3.05, 3.63) is 18.2 Å². The summed E-state index contributed by atoms with van der Waals surface area (Å²) in [6, 6.07) is 0.00474. The van der Waals surface area contributed by atoms with Crippen LogP contribution < -0.4 is 10.6 Å². The Hall–Kier alpha value is -1.36. The topological polar surface area (TPSA) is 59.0 Å². The molecule has 5 nitrogen and oxygen atoms in total. The second-order valence-electron chi connectivity index (χ2n) is 4.50. The number of nitrogens with one attached hydrogen (secondary N) is 2.